The van der Waals surface area contributed by atoms with Gasteiger partial charge in [-0.2, -0.15) is 0 Å². The van der Waals surface area contributed by atoms with Crippen LogP contribution in [0.25, 0.3) is 27.8 Å². The average Bonchev–Trinajstić information content (AvgIpc) is 3.31. The fourth-order valence-corrected chi connectivity index (χ4v) is 5.66. The SMILES string of the molecule is CC1=CC(NC(=O)CC(C)C)=CC(c2ccc3c(c2)C(c2nc4c(C5=CC(F)C(C)C=C5)cncc4[nH]2)=CCN3C)=CN1. The number of allylic oxidation sites excluding steroid dienone is 8. The van der Waals surface area contributed by atoms with Crippen molar-refractivity contribution in [1.82, 2.24) is 25.6 Å². The number of benzene rings is 1. The first-order valence-corrected chi connectivity index (χ1v) is 14.8. The molecule has 3 N–H and O–H groups in total. The van der Waals surface area contributed by atoms with E-state index in [1.165, 1.54) is 0 Å². The second-order valence-electron chi connectivity index (χ2n) is 12.0. The molecule has 0 radical (unpaired) electrons. The number of likely N-dealkylation sites (N-methyl/N-ethyl adjacent to an activating group) is 1. The number of nitrogens with one attached hydrogen (secondary N) is 3. The van der Waals surface area contributed by atoms with E-state index in [4.69, 9.17) is 4.98 Å². The molecular formula is C35H37FN6O. The van der Waals surface area contributed by atoms with E-state index in [2.05, 4.69) is 56.8 Å². The van der Waals surface area contributed by atoms with Gasteiger partial charge in [0, 0.05) is 72.1 Å². The molecule has 3 aromatic rings. The van der Waals surface area contributed by atoms with Crippen LogP contribution in [0.2, 0.25) is 0 Å². The predicted molar refractivity (Wildman–Crippen MR) is 172 cm³/mol. The van der Waals surface area contributed by atoms with Crippen LogP contribution in [0.4, 0.5) is 10.1 Å². The van der Waals surface area contributed by atoms with E-state index in [1.54, 1.807) is 18.5 Å². The fraction of sp³-hybridized carbons (Fsp3) is 0.286. The number of amides is 1. The van der Waals surface area contributed by atoms with Gasteiger partial charge in [0.1, 0.15) is 12.0 Å². The second-order valence-corrected chi connectivity index (χ2v) is 12.0. The van der Waals surface area contributed by atoms with Crippen molar-refractivity contribution in [2.24, 2.45) is 11.8 Å². The Kier molecular flexibility index (Phi) is 7.61. The molecule has 2 aromatic heterocycles. The maximum Gasteiger partial charge on any atom is 0.224 e. The minimum Gasteiger partial charge on any atom is -0.370 e. The topological polar surface area (TPSA) is 85.9 Å². The van der Waals surface area contributed by atoms with E-state index in [9.17, 15) is 9.18 Å². The van der Waals surface area contributed by atoms with E-state index in [0.717, 1.165) is 73.9 Å². The van der Waals surface area contributed by atoms with E-state index in [-0.39, 0.29) is 17.7 Å². The zero-order valence-corrected chi connectivity index (χ0v) is 25.2. The zero-order chi connectivity index (χ0) is 30.2. The van der Waals surface area contributed by atoms with Crippen molar-refractivity contribution in [3.8, 4) is 0 Å². The molecule has 7 nitrogen and oxygen atoms in total. The molecule has 6 rings (SSSR count). The zero-order valence-electron chi connectivity index (χ0n) is 25.2. The Labute approximate surface area is 251 Å². The van der Waals surface area contributed by atoms with Crippen molar-refractivity contribution in [2.45, 2.75) is 40.3 Å². The third-order valence-electron chi connectivity index (χ3n) is 8.00. The lowest BCUT2D eigenvalue weighted by molar-refractivity contribution is -0.121. The summed E-state index contributed by atoms with van der Waals surface area (Å²) in [6.45, 7) is 8.65. The van der Waals surface area contributed by atoms with Gasteiger partial charge in [0.2, 0.25) is 5.91 Å². The molecule has 2 unspecified atom stereocenters. The molecule has 43 heavy (non-hydrogen) atoms. The Morgan fingerprint density at radius 3 is 2.81 bits per heavy atom. The third kappa shape index (κ3) is 5.82. The number of fused-ring (bicyclic) bond motifs is 2. The number of imidazole rings is 1. The van der Waals surface area contributed by atoms with Gasteiger partial charge < -0.3 is 20.5 Å². The summed E-state index contributed by atoms with van der Waals surface area (Å²) in [5.74, 6) is 0.863. The van der Waals surface area contributed by atoms with E-state index in [1.807, 2.05) is 58.2 Å². The maximum atomic E-state index is 14.6. The highest BCUT2D eigenvalue weighted by Crippen LogP contribution is 2.38. The Morgan fingerprint density at radius 2 is 2.02 bits per heavy atom. The number of halogens is 1. The Morgan fingerprint density at radius 1 is 1.19 bits per heavy atom. The van der Waals surface area contributed by atoms with Crippen LogP contribution in [0.5, 0.6) is 0 Å². The molecule has 2 atom stereocenters. The summed E-state index contributed by atoms with van der Waals surface area (Å²) in [5.41, 5.74) is 9.94. The molecule has 0 bridgehead atoms. The van der Waals surface area contributed by atoms with Gasteiger partial charge >= 0.3 is 0 Å². The highest BCUT2D eigenvalue weighted by molar-refractivity contribution is 5.96. The maximum absolute atomic E-state index is 14.6. The molecule has 4 heterocycles. The van der Waals surface area contributed by atoms with Crippen LogP contribution in [-0.4, -0.2) is 40.6 Å². The molecule has 0 spiro atoms. The van der Waals surface area contributed by atoms with Gasteiger partial charge in [0.05, 0.1) is 17.2 Å². The van der Waals surface area contributed by atoms with Crippen molar-refractivity contribution < 1.29 is 9.18 Å². The first-order valence-electron chi connectivity index (χ1n) is 14.8. The largest absolute Gasteiger partial charge is 0.370 e. The second kappa shape index (κ2) is 11.5. The number of anilines is 1. The standard InChI is InChI=1S/C35H37FN6O/c1-20(2)12-33(43)39-26-13-22(4)38-17-25(14-26)23-8-9-32-28(15-23)27(10-11-42(32)5)35-40-31-19-37-18-29(34(31)41-35)24-7-6-21(3)30(36)16-24/h6-10,13-21,30,38H,11-12H2,1-5H3,(H,39,43)(H,40,41). The number of rotatable bonds is 6. The Balaban J connectivity index is 1.38. The fourth-order valence-electron chi connectivity index (χ4n) is 5.66. The number of pyridine rings is 1. The molecule has 0 fully saturated rings. The van der Waals surface area contributed by atoms with Gasteiger partial charge in [-0.25, -0.2) is 9.37 Å². The molecule has 0 saturated carbocycles. The molecular weight excluding hydrogens is 539 g/mol. The van der Waals surface area contributed by atoms with E-state index < -0.39 is 6.17 Å². The van der Waals surface area contributed by atoms with E-state index in [0.29, 0.717) is 6.42 Å². The first-order chi connectivity index (χ1) is 20.7. The lowest BCUT2D eigenvalue weighted by Crippen LogP contribution is -2.23. The van der Waals surface area contributed by atoms with Gasteiger partial charge in [-0.1, -0.05) is 45.1 Å². The predicted octanol–water partition coefficient (Wildman–Crippen LogP) is 6.66. The number of H-pyrrole nitrogens is 1. The van der Waals surface area contributed by atoms with Crippen LogP contribution in [-0.2, 0) is 4.79 Å². The summed E-state index contributed by atoms with van der Waals surface area (Å²) in [5, 5.41) is 6.41. The monoisotopic (exact) mass is 576 g/mol. The molecule has 3 aliphatic rings. The molecule has 1 amide bonds. The first kappa shape index (κ1) is 28.4. The molecule has 220 valence electrons. The number of carbonyl (C=O) groups excluding carboxylic acids is 1. The number of hydrogen-bond donors (Lipinski definition) is 3. The van der Waals surface area contributed by atoms with Crippen molar-refractivity contribution >= 4 is 39.3 Å². The summed E-state index contributed by atoms with van der Waals surface area (Å²) < 4.78 is 14.6. The summed E-state index contributed by atoms with van der Waals surface area (Å²) in [7, 11) is 2.07. The minimum absolute atomic E-state index is 0.00129. The highest BCUT2D eigenvalue weighted by atomic mass is 19.1. The van der Waals surface area contributed by atoms with Crippen molar-refractivity contribution in [3.63, 3.8) is 0 Å². The number of carbonyl (C=O) groups is 1. The molecule has 8 heteroatoms. The van der Waals surface area contributed by atoms with Crippen LogP contribution < -0.4 is 15.5 Å². The lowest BCUT2D eigenvalue weighted by Gasteiger charge is -2.27. The number of alkyl halides is 1. The Hall–Kier alpha value is -4.72. The average molecular weight is 577 g/mol. The van der Waals surface area contributed by atoms with Gasteiger partial charge in [-0.05, 0) is 59.9 Å². The van der Waals surface area contributed by atoms with Gasteiger partial charge in [0.15, 0.2) is 0 Å². The number of hydrogen-bond acceptors (Lipinski definition) is 5. The highest BCUT2D eigenvalue weighted by Gasteiger charge is 2.23. The lowest BCUT2D eigenvalue weighted by atomic mass is 9.93. The number of aromatic amines is 1. The number of aromatic nitrogens is 3. The van der Waals surface area contributed by atoms with Crippen LogP contribution in [0.3, 0.4) is 0 Å². The molecule has 2 aliphatic heterocycles. The van der Waals surface area contributed by atoms with Crippen LogP contribution in [0, 0.1) is 11.8 Å². The third-order valence-corrected chi connectivity index (χ3v) is 8.00. The Bertz CT molecular complexity index is 1790. The smallest absolute Gasteiger partial charge is 0.224 e. The van der Waals surface area contributed by atoms with Crippen LogP contribution >= 0.6 is 0 Å². The van der Waals surface area contributed by atoms with Gasteiger partial charge in [-0.15, -0.1) is 0 Å². The summed E-state index contributed by atoms with van der Waals surface area (Å²) in [6, 6.07) is 6.40. The molecule has 1 aromatic carbocycles. The van der Waals surface area contributed by atoms with Crippen LogP contribution in [0.1, 0.15) is 56.6 Å². The van der Waals surface area contributed by atoms with Gasteiger partial charge in [0.25, 0.3) is 0 Å². The summed E-state index contributed by atoms with van der Waals surface area (Å²) in [6.07, 6.45) is 16.5. The molecule has 0 saturated heterocycles. The van der Waals surface area contributed by atoms with E-state index >= 15 is 0 Å². The number of nitrogens with zero attached hydrogens (tertiary/aromatic N) is 3. The normalized spacial score (nSPS) is 20.0. The summed E-state index contributed by atoms with van der Waals surface area (Å²) in [4.78, 5) is 27.7. The summed E-state index contributed by atoms with van der Waals surface area (Å²) >= 11 is 0. The molecule has 1 aliphatic carbocycles. The van der Waals surface area contributed by atoms with Crippen molar-refractivity contribution in [1.29, 1.82) is 0 Å². The van der Waals surface area contributed by atoms with Gasteiger partial charge in [-0.3, -0.25) is 9.78 Å². The van der Waals surface area contributed by atoms with Crippen LogP contribution in [0.15, 0.2) is 84.6 Å². The van der Waals surface area contributed by atoms with Crippen molar-refractivity contribution in [3.05, 3.63) is 107 Å². The van der Waals surface area contributed by atoms with Crippen molar-refractivity contribution in [2.75, 3.05) is 18.5 Å². The minimum atomic E-state index is -1.04. The quantitative estimate of drug-likeness (QED) is 0.306.